The minimum absolute atomic E-state index is 0.0119. The topological polar surface area (TPSA) is 147 Å². The van der Waals surface area contributed by atoms with Gasteiger partial charge in [-0.1, -0.05) is 26.0 Å². The summed E-state index contributed by atoms with van der Waals surface area (Å²) in [6, 6.07) is 11.5. The molecule has 0 N–H and O–H groups in total. The van der Waals surface area contributed by atoms with Gasteiger partial charge in [-0.25, -0.2) is 18.9 Å². The fraction of sp³-hybridized carbons (Fsp3) is 0.421. The Hall–Kier alpha value is -5.35. The van der Waals surface area contributed by atoms with Crippen LogP contribution in [0.1, 0.15) is 81.0 Å². The third-order valence-corrected chi connectivity index (χ3v) is 11.1. The number of halogens is 1. The van der Waals surface area contributed by atoms with E-state index in [1.54, 1.807) is 22.9 Å². The summed E-state index contributed by atoms with van der Waals surface area (Å²) in [5, 5.41) is 18.5. The monoisotopic (exact) mass is 689 g/mol. The number of oxazole rings is 1. The minimum Gasteiger partial charge on any atom is -0.420 e. The Labute approximate surface area is 291 Å². The maximum atomic E-state index is 14.4. The zero-order valence-electron chi connectivity index (χ0n) is 28.4. The summed E-state index contributed by atoms with van der Waals surface area (Å²) < 4.78 is 37.8. The Balaban J connectivity index is 1.23. The van der Waals surface area contributed by atoms with E-state index < -0.39 is 11.6 Å². The Morgan fingerprint density at radius 3 is 2.59 bits per heavy atom. The lowest BCUT2D eigenvalue weighted by molar-refractivity contribution is -0.117. The zero-order chi connectivity index (χ0) is 35.0. The second kappa shape index (κ2) is 11.9. The molecule has 0 radical (unpaired) electrons. The van der Waals surface area contributed by atoms with Crippen LogP contribution in [0, 0.1) is 22.6 Å². The van der Waals surface area contributed by atoms with Crippen LogP contribution in [0.3, 0.4) is 0 Å². The Bertz CT molecular complexity index is 2510. The second-order valence-corrected chi connectivity index (χ2v) is 14.6. The number of fused-ring (bicyclic) bond motifs is 7. The van der Waals surface area contributed by atoms with Crippen LogP contribution in [0.2, 0.25) is 0 Å². The molecule has 7 heterocycles. The van der Waals surface area contributed by atoms with E-state index in [-0.39, 0.29) is 34.9 Å². The third-order valence-electron chi connectivity index (χ3n) is 11.1. The first-order valence-electron chi connectivity index (χ1n) is 17.7. The van der Waals surface area contributed by atoms with E-state index in [0.29, 0.717) is 75.9 Å². The molecule has 10 rings (SSSR count). The summed E-state index contributed by atoms with van der Waals surface area (Å²) in [4.78, 5) is 32.7. The van der Waals surface area contributed by atoms with Gasteiger partial charge in [-0.05, 0) is 85.8 Å². The van der Waals surface area contributed by atoms with Crippen molar-refractivity contribution < 1.29 is 18.0 Å². The number of hydrogen-bond acceptors (Lipinski definition) is 9. The van der Waals surface area contributed by atoms with Gasteiger partial charge in [0.15, 0.2) is 11.2 Å². The van der Waals surface area contributed by atoms with Gasteiger partial charge >= 0.3 is 5.76 Å². The Morgan fingerprint density at radius 1 is 1.04 bits per heavy atom. The van der Waals surface area contributed by atoms with E-state index in [2.05, 4.69) is 10.2 Å². The van der Waals surface area contributed by atoms with E-state index in [9.17, 15) is 14.0 Å². The summed E-state index contributed by atoms with van der Waals surface area (Å²) in [7, 11) is 0. The first-order chi connectivity index (χ1) is 24.7. The quantitative estimate of drug-likeness (QED) is 0.180. The van der Waals surface area contributed by atoms with Gasteiger partial charge < -0.3 is 13.6 Å². The van der Waals surface area contributed by atoms with Gasteiger partial charge in [0.1, 0.15) is 11.9 Å². The zero-order valence-corrected chi connectivity index (χ0v) is 28.4. The molecule has 51 heavy (non-hydrogen) atoms. The first-order valence-corrected chi connectivity index (χ1v) is 17.7. The molecule has 0 spiro atoms. The molecular weight excluding hydrogens is 653 g/mol. The number of nitrogens with zero attached hydrogens (tertiary/aromatic N) is 7. The van der Waals surface area contributed by atoms with Crippen molar-refractivity contribution in [3.8, 4) is 28.7 Å². The van der Waals surface area contributed by atoms with Crippen molar-refractivity contribution in [3.05, 3.63) is 85.8 Å². The molecule has 3 aliphatic heterocycles. The molecule has 2 saturated heterocycles. The summed E-state index contributed by atoms with van der Waals surface area (Å²) >= 11 is 0. The van der Waals surface area contributed by atoms with Crippen LogP contribution in [-0.4, -0.2) is 41.8 Å². The molecule has 6 aromatic rings. The van der Waals surface area contributed by atoms with Gasteiger partial charge in [0.2, 0.25) is 11.8 Å². The van der Waals surface area contributed by atoms with Crippen molar-refractivity contribution in [2.45, 2.75) is 90.4 Å². The molecule has 2 aromatic carbocycles. The SMILES string of the molecule is CC(C)c1nnc(-c2c(CCC34CCC(CC3)OC4)nc3c(c2-c2ccc4c(c2)oc(=O)n4Cc2ccc(C#N)c(F)c2)c(=O)n2n3CCC2)o1. The molecule has 1 saturated carbocycles. The Morgan fingerprint density at radius 2 is 1.86 bits per heavy atom. The highest BCUT2D eigenvalue weighted by molar-refractivity contribution is 6.02. The fourth-order valence-electron chi connectivity index (χ4n) is 8.27. The van der Waals surface area contributed by atoms with Crippen LogP contribution in [0.15, 0.2) is 54.8 Å². The largest absolute Gasteiger partial charge is 0.420 e. The molecule has 4 aromatic heterocycles. The number of benzene rings is 2. The van der Waals surface area contributed by atoms with Crippen molar-refractivity contribution in [2.75, 3.05) is 6.61 Å². The van der Waals surface area contributed by atoms with E-state index in [0.717, 1.165) is 50.8 Å². The summed E-state index contributed by atoms with van der Waals surface area (Å²) in [6.45, 7) is 6.01. The number of aryl methyl sites for hydroxylation is 2. The number of aromatic nitrogens is 6. The fourth-order valence-corrected chi connectivity index (χ4v) is 8.27. The van der Waals surface area contributed by atoms with Gasteiger partial charge in [0.05, 0.1) is 47.0 Å². The molecule has 13 heteroatoms. The molecule has 1 aliphatic carbocycles. The summed E-state index contributed by atoms with van der Waals surface area (Å²) in [5.41, 5.74) is 4.41. The molecular formula is C38H36FN7O5. The van der Waals surface area contributed by atoms with Crippen LogP contribution in [0.4, 0.5) is 4.39 Å². The second-order valence-electron chi connectivity index (χ2n) is 14.6. The normalized spacial score (nSPS) is 19.8. The molecule has 4 aliphatic rings. The average Bonchev–Trinajstić information content (AvgIpc) is 3.93. The van der Waals surface area contributed by atoms with Gasteiger partial charge in [-0.2, -0.15) is 5.26 Å². The smallest absolute Gasteiger partial charge is 0.420 e. The number of nitriles is 1. The number of ether oxygens (including phenoxy) is 1. The maximum Gasteiger partial charge on any atom is 0.420 e. The number of pyridine rings is 1. The highest BCUT2D eigenvalue weighted by Gasteiger charge is 2.41. The van der Waals surface area contributed by atoms with Gasteiger partial charge in [-0.15, -0.1) is 10.2 Å². The van der Waals surface area contributed by atoms with E-state index in [4.69, 9.17) is 23.8 Å². The predicted molar refractivity (Wildman–Crippen MR) is 185 cm³/mol. The van der Waals surface area contributed by atoms with Crippen LogP contribution >= 0.6 is 0 Å². The molecule has 0 unspecified atom stereocenters. The maximum absolute atomic E-state index is 14.4. The van der Waals surface area contributed by atoms with Crippen molar-refractivity contribution in [3.63, 3.8) is 0 Å². The lowest BCUT2D eigenvalue weighted by Gasteiger charge is -2.46. The lowest BCUT2D eigenvalue weighted by atomic mass is 9.68. The van der Waals surface area contributed by atoms with Crippen LogP contribution in [0.25, 0.3) is 44.7 Å². The first kappa shape index (κ1) is 31.6. The van der Waals surface area contributed by atoms with Crippen LogP contribution < -0.4 is 11.3 Å². The average molecular weight is 690 g/mol. The molecule has 12 nitrogen and oxygen atoms in total. The van der Waals surface area contributed by atoms with E-state index in [1.165, 1.54) is 16.7 Å². The molecule has 0 amide bonds. The van der Waals surface area contributed by atoms with Crippen molar-refractivity contribution in [2.24, 2.45) is 5.41 Å². The minimum atomic E-state index is -0.654. The highest BCUT2D eigenvalue weighted by Crippen LogP contribution is 2.47. The third kappa shape index (κ3) is 5.14. The number of hydrogen-bond donors (Lipinski definition) is 0. The lowest BCUT2D eigenvalue weighted by Crippen LogP contribution is -2.42. The Kier molecular flexibility index (Phi) is 7.36. The van der Waals surface area contributed by atoms with Crippen molar-refractivity contribution in [1.29, 1.82) is 5.26 Å². The predicted octanol–water partition coefficient (Wildman–Crippen LogP) is 6.30. The van der Waals surface area contributed by atoms with E-state index in [1.807, 2.05) is 30.7 Å². The van der Waals surface area contributed by atoms with Crippen LogP contribution in [0.5, 0.6) is 0 Å². The molecule has 0 atom stereocenters. The van der Waals surface area contributed by atoms with Gasteiger partial charge in [-0.3, -0.25) is 14.0 Å². The highest BCUT2D eigenvalue weighted by atomic mass is 19.1. The van der Waals surface area contributed by atoms with E-state index >= 15 is 0 Å². The standard InChI is InChI=1S/C38H36FN7O5/c1-21(2)34-42-43-35(51-34)31-27(10-13-38-11-8-25(9-12-38)49-20-38)41-33-32(36(47)46-15-3-14-45(33)46)30(31)23-6-7-28-29(17-23)50-37(48)44(28)19-22-4-5-24(18-40)26(39)16-22/h4-7,16-17,21,25H,3,8-15,19-20H2,1-2H3. The molecule has 2 bridgehead atoms. The number of rotatable bonds is 8. The van der Waals surface area contributed by atoms with Crippen molar-refractivity contribution in [1.82, 2.24) is 29.1 Å². The van der Waals surface area contributed by atoms with Crippen molar-refractivity contribution >= 4 is 22.1 Å². The molecule has 260 valence electrons. The molecule has 3 fully saturated rings. The van der Waals surface area contributed by atoms with Gasteiger partial charge in [0, 0.05) is 24.6 Å². The summed E-state index contributed by atoms with van der Waals surface area (Å²) in [5.74, 6) is -0.510. The summed E-state index contributed by atoms with van der Waals surface area (Å²) in [6.07, 6.45) is 7.07. The van der Waals surface area contributed by atoms with Gasteiger partial charge in [0.25, 0.3) is 5.56 Å². The van der Waals surface area contributed by atoms with Crippen LogP contribution in [-0.2, 0) is 30.8 Å².